The molecule has 0 spiro atoms. The number of nitrogens with zero attached hydrogens (tertiary/aromatic N) is 1. The van der Waals surface area contributed by atoms with E-state index in [1.165, 1.54) is 6.08 Å². The van der Waals surface area contributed by atoms with Crippen LogP contribution in [0.2, 0.25) is 0 Å². The van der Waals surface area contributed by atoms with Crippen LogP contribution < -0.4 is 5.32 Å². The van der Waals surface area contributed by atoms with Gasteiger partial charge < -0.3 is 10.3 Å². The van der Waals surface area contributed by atoms with Gasteiger partial charge in [-0.3, -0.25) is 4.79 Å². The summed E-state index contributed by atoms with van der Waals surface area (Å²) in [5.41, 5.74) is 2.46. The predicted octanol–water partition coefficient (Wildman–Crippen LogP) is 4.38. The van der Waals surface area contributed by atoms with Gasteiger partial charge in [0.25, 0.3) is 0 Å². The average molecular weight is 424 g/mol. The number of amides is 1. The van der Waals surface area contributed by atoms with E-state index in [0.717, 1.165) is 47.8 Å². The van der Waals surface area contributed by atoms with Crippen molar-refractivity contribution in [2.45, 2.75) is 30.6 Å². The van der Waals surface area contributed by atoms with E-state index in [9.17, 15) is 13.2 Å². The monoisotopic (exact) mass is 423 g/mol. The molecule has 7 heteroatoms. The highest BCUT2D eigenvalue weighted by Crippen LogP contribution is 2.23. The van der Waals surface area contributed by atoms with Crippen molar-refractivity contribution >= 4 is 38.6 Å². The Kier molecular flexibility index (Phi) is 6.01. The number of aromatic amines is 1. The van der Waals surface area contributed by atoms with Crippen LogP contribution in [0, 0.1) is 0 Å². The van der Waals surface area contributed by atoms with Gasteiger partial charge in [0.2, 0.25) is 15.9 Å². The molecule has 3 aromatic rings. The van der Waals surface area contributed by atoms with Gasteiger partial charge in [0, 0.05) is 36.3 Å². The number of fused-ring (bicyclic) bond motifs is 1. The van der Waals surface area contributed by atoms with E-state index >= 15 is 0 Å². The maximum Gasteiger partial charge on any atom is 0.248 e. The van der Waals surface area contributed by atoms with Gasteiger partial charge in [0.15, 0.2) is 0 Å². The van der Waals surface area contributed by atoms with E-state index in [1.54, 1.807) is 34.6 Å². The third-order valence-corrected chi connectivity index (χ3v) is 7.28. The molecule has 0 radical (unpaired) electrons. The van der Waals surface area contributed by atoms with Crippen LogP contribution in [0.15, 0.2) is 65.7 Å². The minimum Gasteiger partial charge on any atom is -0.361 e. The molecule has 1 amide bonds. The minimum atomic E-state index is -3.46. The molecule has 0 aliphatic carbocycles. The van der Waals surface area contributed by atoms with Crippen molar-refractivity contribution in [3.8, 4) is 0 Å². The van der Waals surface area contributed by atoms with Gasteiger partial charge in [-0.15, -0.1) is 0 Å². The van der Waals surface area contributed by atoms with Crippen molar-refractivity contribution < 1.29 is 13.2 Å². The smallest absolute Gasteiger partial charge is 0.248 e. The maximum absolute atomic E-state index is 12.8. The second-order valence-corrected chi connectivity index (χ2v) is 9.39. The average Bonchev–Trinajstić information content (AvgIpc) is 3.06. The van der Waals surface area contributed by atoms with Crippen molar-refractivity contribution in [3.05, 3.63) is 66.4 Å². The first-order valence-corrected chi connectivity index (χ1v) is 11.6. The first kappa shape index (κ1) is 20.4. The highest BCUT2D eigenvalue weighted by molar-refractivity contribution is 7.89. The first-order valence-electron chi connectivity index (χ1n) is 10.2. The van der Waals surface area contributed by atoms with E-state index < -0.39 is 10.0 Å². The zero-order valence-electron chi connectivity index (χ0n) is 16.7. The molecule has 156 valence electrons. The lowest BCUT2D eigenvalue weighted by atomic mass is 10.2. The number of sulfonamides is 1. The Morgan fingerprint density at radius 3 is 2.43 bits per heavy atom. The molecule has 2 heterocycles. The van der Waals surface area contributed by atoms with Gasteiger partial charge in [-0.1, -0.05) is 31.0 Å². The van der Waals surface area contributed by atoms with Gasteiger partial charge in [0.1, 0.15) is 0 Å². The molecule has 1 aromatic heterocycles. The molecule has 2 aromatic carbocycles. The van der Waals surface area contributed by atoms with Gasteiger partial charge in [0.05, 0.1) is 10.6 Å². The third-order valence-electron chi connectivity index (χ3n) is 5.36. The molecule has 1 saturated heterocycles. The summed E-state index contributed by atoms with van der Waals surface area (Å²) in [7, 11) is -3.46. The summed E-state index contributed by atoms with van der Waals surface area (Å²) < 4.78 is 27.3. The highest BCUT2D eigenvalue weighted by Gasteiger charge is 2.24. The standard InChI is InChI=1S/C23H25N3O3S/c27-23(25-22-7-5-6-21-20(22)14-15-24-21)13-10-18-8-11-19(12-9-18)30(28,29)26-16-3-1-2-4-17-26/h5-15,24H,1-4,16-17H2,(H,25,27)/b13-10+. The van der Waals surface area contributed by atoms with Crippen LogP contribution >= 0.6 is 0 Å². The fourth-order valence-electron chi connectivity index (χ4n) is 3.72. The molecule has 30 heavy (non-hydrogen) atoms. The van der Waals surface area contributed by atoms with E-state index in [0.29, 0.717) is 18.0 Å². The second kappa shape index (κ2) is 8.85. The number of aromatic nitrogens is 1. The number of hydrogen-bond acceptors (Lipinski definition) is 3. The predicted molar refractivity (Wildman–Crippen MR) is 120 cm³/mol. The lowest BCUT2D eigenvalue weighted by Crippen LogP contribution is -2.31. The van der Waals surface area contributed by atoms with Crippen LogP contribution in [0.4, 0.5) is 5.69 Å². The molecule has 1 fully saturated rings. The number of benzene rings is 2. The molecular weight excluding hydrogens is 398 g/mol. The molecule has 0 saturated carbocycles. The molecule has 0 bridgehead atoms. The molecule has 6 nitrogen and oxygen atoms in total. The summed E-state index contributed by atoms with van der Waals surface area (Å²) in [5.74, 6) is -0.245. The van der Waals surface area contributed by atoms with Crippen molar-refractivity contribution in [1.82, 2.24) is 9.29 Å². The lowest BCUT2D eigenvalue weighted by Gasteiger charge is -2.19. The molecule has 0 atom stereocenters. The van der Waals surface area contributed by atoms with E-state index in [4.69, 9.17) is 0 Å². The number of rotatable bonds is 5. The molecular formula is C23H25N3O3S. The maximum atomic E-state index is 12.8. The molecule has 1 aliphatic rings. The number of carbonyl (C=O) groups is 1. The Hall–Kier alpha value is -2.90. The molecule has 0 unspecified atom stereocenters. The van der Waals surface area contributed by atoms with E-state index in [-0.39, 0.29) is 5.91 Å². The number of hydrogen-bond donors (Lipinski definition) is 2. The zero-order chi connectivity index (χ0) is 21.0. The van der Waals surface area contributed by atoms with Crippen molar-refractivity contribution in [1.29, 1.82) is 0 Å². The van der Waals surface area contributed by atoms with Gasteiger partial charge in [-0.05, 0) is 54.8 Å². The Labute approximate surface area is 176 Å². The highest BCUT2D eigenvalue weighted by atomic mass is 32.2. The topological polar surface area (TPSA) is 82.3 Å². The minimum absolute atomic E-state index is 0.245. The Morgan fingerprint density at radius 2 is 1.70 bits per heavy atom. The lowest BCUT2D eigenvalue weighted by molar-refractivity contribution is -0.111. The number of carbonyl (C=O) groups excluding carboxylic acids is 1. The van der Waals surface area contributed by atoms with Crippen molar-refractivity contribution in [3.63, 3.8) is 0 Å². The van der Waals surface area contributed by atoms with Gasteiger partial charge in [-0.2, -0.15) is 4.31 Å². The van der Waals surface area contributed by atoms with Crippen molar-refractivity contribution in [2.24, 2.45) is 0 Å². The number of H-pyrrole nitrogens is 1. The number of nitrogens with one attached hydrogen (secondary N) is 2. The van der Waals surface area contributed by atoms with Crippen LogP contribution in [0.1, 0.15) is 31.2 Å². The largest absolute Gasteiger partial charge is 0.361 e. The van der Waals surface area contributed by atoms with Crippen LogP contribution in [-0.4, -0.2) is 36.7 Å². The second-order valence-electron chi connectivity index (χ2n) is 7.45. The molecule has 4 rings (SSSR count). The van der Waals surface area contributed by atoms with Crippen LogP contribution in [0.3, 0.4) is 0 Å². The molecule has 1 aliphatic heterocycles. The van der Waals surface area contributed by atoms with Crippen molar-refractivity contribution in [2.75, 3.05) is 18.4 Å². The van der Waals surface area contributed by atoms with Crippen LogP contribution in [0.25, 0.3) is 17.0 Å². The summed E-state index contributed by atoms with van der Waals surface area (Å²) >= 11 is 0. The summed E-state index contributed by atoms with van der Waals surface area (Å²) in [4.78, 5) is 15.7. The van der Waals surface area contributed by atoms with Crippen LogP contribution in [-0.2, 0) is 14.8 Å². The van der Waals surface area contributed by atoms with E-state index in [2.05, 4.69) is 10.3 Å². The fraction of sp³-hybridized carbons (Fsp3) is 0.261. The van der Waals surface area contributed by atoms with E-state index in [1.807, 2.05) is 30.5 Å². The summed E-state index contributed by atoms with van der Waals surface area (Å²) in [6, 6.07) is 14.3. The summed E-state index contributed by atoms with van der Waals surface area (Å²) in [6.07, 6.45) is 8.93. The van der Waals surface area contributed by atoms with Gasteiger partial charge >= 0.3 is 0 Å². The first-order chi connectivity index (χ1) is 14.5. The SMILES string of the molecule is O=C(/C=C/c1ccc(S(=O)(=O)N2CCCCCC2)cc1)Nc1cccc2[nH]ccc12. The Balaban J connectivity index is 1.43. The molecule has 2 N–H and O–H groups in total. The number of anilines is 1. The quantitative estimate of drug-likeness (QED) is 0.597. The Bertz CT molecular complexity index is 1160. The van der Waals surface area contributed by atoms with Gasteiger partial charge in [-0.25, -0.2) is 8.42 Å². The third kappa shape index (κ3) is 4.47. The zero-order valence-corrected chi connectivity index (χ0v) is 17.5. The Morgan fingerprint density at radius 1 is 0.967 bits per heavy atom. The summed E-state index contributed by atoms with van der Waals surface area (Å²) in [6.45, 7) is 1.16. The van der Waals surface area contributed by atoms with Crippen LogP contribution in [0.5, 0.6) is 0 Å². The fourth-order valence-corrected chi connectivity index (χ4v) is 5.24. The normalized spacial score (nSPS) is 16.0. The summed E-state index contributed by atoms with van der Waals surface area (Å²) in [5, 5.41) is 3.82.